The van der Waals surface area contributed by atoms with Crippen LogP contribution in [0.25, 0.3) is 11.6 Å². The molecule has 0 aliphatic carbocycles. The van der Waals surface area contributed by atoms with Crippen LogP contribution in [-0.4, -0.2) is 40.9 Å². The second-order valence-electron chi connectivity index (χ2n) is 4.01. The lowest BCUT2D eigenvalue weighted by Crippen LogP contribution is -2.06. The van der Waals surface area contributed by atoms with E-state index in [4.69, 9.17) is 4.42 Å². The number of rotatable bonds is 6. The molecule has 2 aromatic heterocycles. The van der Waals surface area contributed by atoms with Crippen molar-refractivity contribution in [3.63, 3.8) is 0 Å². The zero-order valence-corrected chi connectivity index (χ0v) is 12.4. The Morgan fingerprint density at radius 1 is 1.42 bits per heavy atom. The van der Waals surface area contributed by atoms with Crippen LogP contribution < -0.4 is 0 Å². The lowest BCUT2D eigenvalue weighted by molar-refractivity contribution is 0.567. The van der Waals surface area contributed by atoms with E-state index in [-0.39, 0.29) is 5.75 Å². The van der Waals surface area contributed by atoms with Crippen LogP contribution in [0.3, 0.4) is 0 Å². The average Bonchev–Trinajstić information content (AvgIpc) is 2.94. The summed E-state index contributed by atoms with van der Waals surface area (Å²) in [4.78, 5) is 0. The molecule has 0 bridgehead atoms. The predicted octanol–water partition coefficient (Wildman–Crippen LogP) is 1.69. The monoisotopic (exact) mass is 301 g/mol. The number of aromatic nitrogens is 3. The van der Waals surface area contributed by atoms with Gasteiger partial charge in [-0.1, -0.05) is 11.8 Å². The summed E-state index contributed by atoms with van der Waals surface area (Å²) in [5.41, 5.74) is 0. The van der Waals surface area contributed by atoms with Crippen molar-refractivity contribution in [1.82, 2.24) is 14.8 Å². The average molecular weight is 301 g/mol. The number of sulfone groups is 1. The standard InChI is InChI=1S/C11H15N3O3S2/c1-3-14-10(9-5-4-6-17-9)12-13-11(14)18-7-8-19(2,15)16/h4-6H,3,7-8H2,1-2H3. The van der Waals surface area contributed by atoms with Gasteiger partial charge in [-0.3, -0.25) is 4.57 Å². The fourth-order valence-electron chi connectivity index (χ4n) is 1.55. The van der Waals surface area contributed by atoms with E-state index in [2.05, 4.69) is 10.2 Å². The van der Waals surface area contributed by atoms with Crippen molar-refractivity contribution >= 4 is 21.6 Å². The maximum atomic E-state index is 11.1. The van der Waals surface area contributed by atoms with Gasteiger partial charge in [-0.2, -0.15) is 0 Å². The molecule has 19 heavy (non-hydrogen) atoms. The molecule has 0 aliphatic heterocycles. The van der Waals surface area contributed by atoms with E-state index in [9.17, 15) is 8.42 Å². The summed E-state index contributed by atoms with van der Waals surface area (Å²) in [6.45, 7) is 2.68. The van der Waals surface area contributed by atoms with Crippen LogP contribution in [0.5, 0.6) is 0 Å². The van der Waals surface area contributed by atoms with E-state index in [1.54, 1.807) is 12.3 Å². The number of furan rings is 1. The first-order valence-corrected chi connectivity index (χ1v) is 8.83. The highest BCUT2D eigenvalue weighted by Crippen LogP contribution is 2.24. The molecule has 2 rings (SSSR count). The van der Waals surface area contributed by atoms with Gasteiger partial charge >= 0.3 is 0 Å². The minimum Gasteiger partial charge on any atom is -0.461 e. The maximum Gasteiger partial charge on any atom is 0.200 e. The Bertz CT molecular complexity index is 632. The van der Waals surface area contributed by atoms with Crippen molar-refractivity contribution < 1.29 is 12.8 Å². The highest BCUT2D eigenvalue weighted by Gasteiger charge is 2.15. The van der Waals surface area contributed by atoms with Gasteiger partial charge in [0.25, 0.3) is 0 Å². The van der Waals surface area contributed by atoms with Crippen molar-refractivity contribution in [3.05, 3.63) is 18.4 Å². The summed E-state index contributed by atoms with van der Waals surface area (Å²) >= 11 is 1.39. The van der Waals surface area contributed by atoms with Gasteiger partial charge in [0.05, 0.1) is 12.0 Å². The normalized spacial score (nSPS) is 11.9. The lowest BCUT2D eigenvalue weighted by atomic mass is 10.4. The van der Waals surface area contributed by atoms with Gasteiger partial charge in [0.2, 0.25) is 0 Å². The van der Waals surface area contributed by atoms with Gasteiger partial charge in [-0.05, 0) is 19.1 Å². The first-order chi connectivity index (χ1) is 9.01. The highest BCUT2D eigenvalue weighted by atomic mass is 32.2. The Labute approximate surface area is 116 Å². The zero-order chi connectivity index (χ0) is 13.9. The largest absolute Gasteiger partial charge is 0.461 e. The molecule has 104 valence electrons. The zero-order valence-electron chi connectivity index (χ0n) is 10.7. The predicted molar refractivity (Wildman–Crippen MR) is 73.8 cm³/mol. The first-order valence-electron chi connectivity index (χ1n) is 5.79. The van der Waals surface area contributed by atoms with Crippen molar-refractivity contribution in [2.45, 2.75) is 18.6 Å². The van der Waals surface area contributed by atoms with Crippen LogP contribution >= 0.6 is 11.8 Å². The Kier molecular flexibility index (Phi) is 4.31. The topological polar surface area (TPSA) is 78.0 Å². The minimum absolute atomic E-state index is 0.129. The first kappa shape index (κ1) is 14.1. The summed E-state index contributed by atoms with van der Waals surface area (Å²) in [5.74, 6) is 1.91. The lowest BCUT2D eigenvalue weighted by Gasteiger charge is -2.05. The summed E-state index contributed by atoms with van der Waals surface area (Å²) in [5, 5.41) is 8.88. The van der Waals surface area contributed by atoms with E-state index in [1.165, 1.54) is 18.0 Å². The van der Waals surface area contributed by atoms with E-state index in [0.29, 0.717) is 29.0 Å². The third kappa shape index (κ3) is 3.60. The fourth-order valence-corrected chi connectivity index (χ4v) is 3.75. The summed E-state index contributed by atoms with van der Waals surface area (Å²) in [6.07, 6.45) is 2.81. The summed E-state index contributed by atoms with van der Waals surface area (Å²) < 4.78 is 29.4. The summed E-state index contributed by atoms with van der Waals surface area (Å²) in [7, 11) is -2.95. The van der Waals surface area contributed by atoms with Crippen molar-refractivity contribution in [2.24, 2.45) is 0 Å². The van der Waals surface area contributed by atoms with E-state index in [0.717, 1.165) is 0 Å². The number of nitrogens with zero attached hydrogens (tertiary/aromatic N) is 3. The quantitative estimate of drug-likeness (QED) is 0.756. The minimum atomic E-state index is -2.95. The molecule has 0 saturated heterocycles. The molecule has 0 aromatic carbocycles. The SMILES string of the molecule is CCn1c(SCCS(C)(=O)=O)nnc1-c1ccco1. The molecule has 6 nitrogen and oxygen atoms in total. The van der Waals surface area contributed by atoms with Gasteiger partial charge in [0, 0.05) is 18.6 Å². The van der Waals surface area contributed by atoms with Crippen molar-refractivity contribution in [1.29, 1.82) is 0 Å². The van der Waals surface area contributed by atoms with Crippen LogP contribution in [0.4, 0.5) is 0 Å². The smallest absolute Gasteiger partial charge is 0.200 e. The van der Waals surface area contributed by atoms with E-state index < -0.39 is 9.84 Å². The molecule has 0 amide bonds. The van der Waals surface area contributed by atoms with Crippen LogP contribution in [0, 0.1) is 0 Å². The molecule has 0 unspecified atom stereocenters. The van der Waals surface area contributed by atoms with Crippen molar-refractivity contribution in [2.75, 3.05) is 17.8 Å². The molecule has 0 radical (unpaired) electrons. The molecule has 0 N–H and O–H groups in total. The van der Waals surface area contributed by atoms with Gasteiger partial charge in [-0.15, -0.1) is 10.2 Å². The Morgan fingerprint density at radius 3 is 2.79 bits per heavy atom. The van der Waals surface area contributed by atoms with E-state index in [1.807, 2.05) is 17.6 Å². The number of hydrogen-bond acceptors (Lipinski definition) is 6. The van der Waals surface area contributed by atoms with Crippen LogP contribution in [-0.2, 0) is 16.4 Å². The Hall–Kier alpha value is -1.28. The molecule has 2 heterocycles. The maximum absolute atomic E-state index is 11.1. The Balaban J connectivity index is 2.14. The van der Waals surface area contributed by atoms with Crippen LogP contribution in [0.15, 0.2) is 28.0 Å². The van der Waals surface area contributed by atoms with Gasteiger partial charge in [0.1, 0.15) is 9.84 Å². The molecule has 0 aliphatic rings. The van der Waals surface area contributed by atoms with Gasteiger partial charge < -0.3 is 4.42 Å². The molecule has 0 spiro atoms. The Morgan fingerprint density at radius 2 is 2.21 bits per heavy atom. The molecule has 8 heteroatoms. The molecule has 2 aromatic rings. The van der Waals surface area contributed by atoms with Crippen LogP contribution in [0.2, 0.25) is 0 Å². The van der Waals surface area contributed by atoms with E-state index >= 15 is 0 Å². The second-order valence-corrected chi connectivity index (χ2v) is 7.33. The summed E-state index contributed by atoms with van der Waals surface area (Å²) in [6, 6.07) is 3.61. The van der Waals surface area contributed by atoms with Gasteiger partial charge in [0.15, 0.2) is 16.7 Å². The number of thioether (sulfide) groups is 1. The molecule has 0 atom stereocenters. The fraction of sp³-hybridized carbons (Fsp3) is 0.455. The molecule has 0 saturated carbocycles. The third-order valence-electron chi connectivity index (χ3n) is 2.46. The van der Waals surface area contributed by atoms with Crippen LogP contribution in [0.1, 0.15) is 6.92 Å². The molecule has 0 fully saturated rings. The number of hydrogen-bond donors (Lipinski definition) is 0. The van der Waals surface area contributed by atoms with Crippen molar-refractivity contribution in [3.8, 4) is 11.6 Å². The molecular weight excluding hydrogens is 286 g/mol. The van der Waals surface area contributed by atoms with Gasteiger partial charge in [-0.25, -0.2) is 8.42 Å². The highest BCUT2D eigenvalue weighted by molar-refractivity contribution is 8.00. The third-order valence-corrected chi connectivity index (χ3v) is 4.63. The molecular formula is C11H15N3O3S2. The second kappa shape index (κ2) is 5.79.